The normalized spacial score (nSPS) is 25.0. The van der Waals surface area contributed by atoms with E-state index in [1.807, 2.05) is 0 Å². The molecule has 11 atom stereocenters. The number of hydrogen-bond acceptors (Lipinski definition) is 15. The molecule has 0 aromatic carbocycles. The minimum absolute atomic E-state index is 0.00897. The summed E-state index contributed by atoms with van der Waals surface area (Å²) in [6.07, 6.45) is 18.5. The second-order valence-electron chi connectivity index (χ2n) is 18.4. The van der Waals surface area contributed by atoms with Gasteiger partial charge in [0.05, 0.1) is 32.5 Å². The SMILES string of the molecule is CCCCCCCCCCCCCCCC(=O)OC1C(O)[C@H](OC)CO[C@H]1OC(C)COC(O[C@@H]1CO[C@@H](OC)C(OC(=O)CCCCCCCCCCCCCCC)C1O)[C@@H](O)CO. The zero-order valence-corrected chi connectivity index (χ0v) is 41.3. The van der Waals surface area contributed by atoms with Gasteiger partial charge in [0.2, 0.25) is 0 Å². The molecule has 2 saturated heterocycles. The van der Waals surface area contributed by atoms with Crippen LogP contribution in [0.1, 0.15) is 201 Å². The summed E-state index contributed by atoms with van der Waals surface area (Å²) in [6.45, 7) is 5.01. The fourth-order valence-corrected chi connectivity index (χ4v) is 8.40. The van der Waals surface area contributed by atoms with Gasteiger partial charge in [-0.15, -0.1) is 0 Å². The van der Waals surface area contributed by atoms with Crippen LogP contribution in [0.5, 0.6) is 0 Å². The first-order chi connectivity index (χ1) is 31.6. The number of aliphatic hydroxyl groups excluding tert-OH is 4. The van der Waals surface area contributed by atoms with Crippen molar-refractivity contribution in [1.82, 2.24) is 0 Å². The van der Waals surface area contributed by atoms with Crippen LogP contribution in [0, 0.1) is 0 Å². The van der Waals surface area contributed by atoms with Gasteiger partial charge in [-0.1, -0.05) is 168 Å². The highest BCUT2D eigenvalue weighted by Crippen LogP contribution is 2.27. The molecule has 15 heteroatoms. The van der Waals surface area contributed by atoms with Crippen LogP contribution in [0.2, 0.25) is 0 Å². The summed E-state index contributed by atoms with van der Waals surface area (Å²) < 4.78 is 51.5. The van der Waals surface area contributed by atoms with Crippen molar-refractivity contribution in [3.63, 3.8) is 0 Å². The van der Waals surface area contributed by atoms with Gasteiger partial charge in [0.15, 0.2) is 31.1 Å². The van der Waals surface area contributed by atoms with Gasteiger partial charge in [0.1, 0.15) is 30.5 Å². The van der Waals surface area contributed by atoms with E-state index in [2.05, 4.69) is 13.8 Å². The summed E-state index contributed by atoms with van der Waals surface area (Å²) in [4.78, 5) is 25.8. The van der Waals surface area contributed by atoms with Crippen molar-refractivity contribution >= 4 is 11.9 Å². The molecule has 6 unspecified atom stereocenters. The molecule has 2 fully saturated rings. The predicted molar refractivity (Wildman–Crippen MR) is 248 cm³/mol. The number of ether oxygens (including phenoxy) is 9. The second kappa shape index (κ2) is 38.4. The van der Waals surface area contributed by atoms with Crippen LogP contribution in [-0.2, 0) is 52.2 Å². The van der Waals surface area contributed by atoms with Crippen molar-refractivity contribution in [2.75, 3.05) is 40.6 Å². The molecule has 0 saturated carbocycles. The maximum atomic E-state index is 12.9. The number of carbonyl (C=O) groups excluding carboxylic acids is 2. The number of esters is 2. The quantitative estimate of drug-likeness (QED) is 0.0259. The molecule has 0 aliphatic carbocycles. The van der Waals surface area contributed by atoms with E-state index < -0.39 is 86.2 Å². The number of rotatable bonds is 41. The Kier molecular flexibility index (Phi) is 35.2. The third-order valence-electron chi connectivity index (χ3n) is 12.5. The number of aliphatic hydroxyl groups is 4. The molecule has 0 radical (unpaired) electrons. The lowest BCUT2D eigenvalue weighted by molar-refractivity contribution is -0.316. The second-order valence-corrected chi connectivity index (χ2v) is 18.4. The standard InChI is InChI=1S/C50H94O15/c1-6-8-10-12-14-16-18-20-22-24-26-28-30-32-42(53)64-46-45(56)41(37-60-49(46)58-5)63-48(39(52)34-51)59-35-38(3)62-50-47(44(55)40(57-4)36-61-50)65-43(54)33-31-29-27-25-23-21-19-17-15-13-11-9-7-2/h38-41,44-52,55-56H,6-37H2,1-5H3/t38?,39-,40+,41+,44?,45?,46?,47?,48?,49+,50-/m0/s1. The average Bonchev–Trinajstić information content (AvgIpc) is 3.30. The van der Waals surface area contributed by atoms with Gasteiger partial charge >= 0.3 is 11.9 Å². The van der Waals surface area contributed by atoms with Gasteiger partial charge < -0.3 is 63.1 Å². The monoisotopic (exact) mass is 935 g/mol. The van der Waals surface area contributed by atoms with Gasteiger partial charge in [0.25, 0.3) is 0 Å². The van der Waals surface area contributed by atoms with Crippen LogP contribution in [0.15, 0.2) is 0 Å². The minimum atomic E-state index is -1.53. The maximum Gasteiger partial charge on any atom is 0.306 e. The van der Waals surface area contributed by atoms with Gasteiger partial charge in [-0.25, -0.2) is 0 Å². The highest BCUT2D eigenvalue weighted by molar-refractivity contribution is 5.70. The van der Waals surface area contributed by atoms with Crippen molar-refractivity contribution in [3.05, 3.63) is 0 Å². The molecule has 0 spiro atoms. The fourth-order valence-electron chi connectivity index (χ4n) is 8.40. The average molecular weight is 935 g/mol. The predicted octanol–water partition coefficient (Wildman–Crippen LogP) is 8.35. The molecular formula is C50H94O15. The Bertz CT molecular complexity index is 1150. The summed E-state index contributed by atoms with van der Waals surface area (Å²) in [5, 5.41) is 42.8. The summed E-state index contributed by atoms with van der Waals surface area (Å²) in [7, 11) is 2.82. The van der Waals surface area contributed by atoms with E-state index >= 15 is 0 Å². The highest BCUT2D eigenvalue weighted by Gasteiger charge is 2.46. The molecule has 2 aliphatic rings. The van der Waals surface area contributed by atoms with E-state index in [0.29, 0.717) is 12.8 Å². The zero-order valence-electron chi connectivity index (χ0n) is 41.3. The molecular weight excluding hydrogens is 841 g/mol. The van der Waals surface area contributed by atoms with E-state index in [1.165, 1.54) is 130 Å². The molecule has 0 aromatic rings. The van der Waals surface area contributed by atoms with Crippen LogP contribution >= 0.6 is 0 Å². The van der Waals surface area contributed by atoms with Crippen LogP contribution < -0.4 is 0 Å². The molecule has 2 heterocycles. The van der Waals surface area contributed by atoms with E-state index in [9.17, 15) is 30.0 Å². The van der Waals surface area contributed by atoms with E-state index in [4.69, 9.17) is 42.6 Å². The van der Waals surface area contributed by atoms with Gasteiger partial charge in [-0.3, -0.25) is 9.59 Å². The summed E-state index contributed by atoms with van der Waals surface area (Å²) in [5.74, 6) is -0.963. The maximum absolute atomic E-state index is 12.9. The summed E-state index contributed by atoms with van der Waals surface area (Å²) in [6, 6.07) is 0. The number of hydrogen-bond donors (Lipinski definition) is 4. The fraction of sp³-hybridized carbons (Fsp3) is 0.960. The Morgan fingerprint density at radius 3 is 1.35 bits per heavy atom. The Labute approximate surface area is 392 Å². The van der Waals surface area contributed by atoms with Crippen LogP contribution in [0.4, 0.5) is 0 Å². The molecule has 15 nitrogen and oxygen atoms in total. The highest BCUT2D eigenvalue weighted by atomic mass is 16.8. The largest absolute Gasteiger partial charge is 0.454 e. The van der Waals surface area contributed by atoms with Crippen LogP contribution in [-0.4, -0.2) is 141 Å². The first-order valence-corrected chi connectivity index (χ1v) is 25.8. The lowest BCUT2D eigenvalue weighted by atomic mass is 10.0. The third-order valence-corrected chi connectivity index (χ3v) is 12.5. The van der Waals surface area contributed by atoms with Crippen molar-refractivity contribution < 1.29 is 72.6 Å². The molecule has 65 heavy (non-hydrogen) atoms. The molecule has 4 N–H and O–H groups in total. The summed E-state index contributed by atoms with van der Waals surface area (Å²) in [5.41, 5.74) is 0. The molecule has 0 bridgehead atoms. The van der Waals surface area contributed by atoms with Crippen molar-refractivity contribution in [3.8, 4) is 0 Å². The van der Waals surface area contributed by atoms with Gasteiger partial charge in [-0.2, -0.15) is 0 Å². The lowest BCUT2D eigenvalue weighted by Crippen LogP contribution is -2.58. The Balaban J connectivity index is 1.79. The minimum Gasteiger partial charge on any atom is -0.454 e. The Morgan fingerprint density at radius 1 is 0.554 bits per heavy atom. The first-order valence-electron chi connectivity index (χ1n) is 25.8. The molecule has 0 amide bonds. The molecule has 384 valence electrons. The van der Waals surface area contributed by atoms with Crippen molar-refractivity contribution in [1.29, 1.82) is 0 Å². The zero-order chi connectivity index (χ0) is 47.5. The third kappa shape index (κ3) is 26.2. The van der Waals surface area contributed by atoms with Crippen molar-refractivity contribution in [2.45, 2.75) is 268 Å². The topological polar surface area (TPSA) is 198 Å². The number of carbonyl (C=O) groups is 2. The van der Waals surface area contributed by atoms with E-state index in [0.717, 1.165) is 38.5 Å². The lowest BCUT2D eigenvalue weighted by Gasteiger charge is -2.40. The summed E-state index contributed by atoms with van der Waals surface area (Å²) >= 11 is 0. The number of unbranched alkanes of at least 4 members (excludes halogenated alkanes) is 24. The Hall–Kier alpha value is -1.50. The molecule has 2 aliphatic heterocycles. The van der Waals surface area contributed by atoms with Crippen molar-refractivity contribution in [2.24, 2.45) is 0 Å². The number of methoxy groups -OCH3 is 2. The van der Waals surface area contributed by atoms with E-state index in [1.54, 1.807) is 6.92 Å². The first kappa shape index (κ1) is 59.6. The van der Waals surface area contributed by atoms with Gasteiger partial charge in [-0.05, 0) is 19.8 Å². The molecule has 2 rings (SSSR count). The molecule has 0 aromatic heterocycles. The Morgan fingerprint density at radius 2 is 0.938 bits per heavy atom. The smallest absolute Gasteiger partial charge is 0.306 e. The van der Waals surface area contributed by atoms with Gasteiger partial charge in [0, 0.05) is 27.1 Å². The van der Waals surface area contributed by atoms with E-state index in [-0.39, 0.29) is 32.7 Å². The van der Waals surface area contributed by atoms with Crippen LogP contribution in [0.25, 0.3) is 0 Å². The van der Waals surface area contributed by atoms with Crippen LogP contribution in [0.3, 0.4) is 0 Å².